The van der Waals surface area contributed by atoms with E-state index in [-0.39, 0.29) is 0 Å². The third kappa shape index (κ3) is 3.52. The van der Waals surface area contributed by atoms with Gasteiger partial charge in [0.2, 0.25) is 10.1 Å². The molecule has 0 unspecified atom stereocenters. The lowest BCUT2D eigenvalue weighted by Gasteiger charge is -2.12. The molecule has 0 aliphatic rings. The van der Waals surface area contributed by atoms with Crippen molar-refractivity contribution < 1.29 is 0 Å². The van der Waals surface area contributed by atoms with Crippen molar-refractivity contribution in [1.82, 2.24) is 19.6 Å². The maximum absolute atomic E-state index is 4.72. The summed E-state index contributed by atoms with van der Waals surface area (Å²) in [7, 11) is 4.07. The zero-order valence-electron chi connectivity index (χ0n) is 14.8. The number of imidazole rings is 1. The number of hydrogen-bond donors (Lipinski definition) is 1. The lowest BCUT2D eigenvalue weighted by molar-refractivity contribution is 0.929. The van der Waals surface area contributed by atoms with Crippen molar-refractivity contribution in [3.63, 3.8) is 0 Å². The Morgan fingerprint density at radius 1 is 1.15 bits per heavy atom. The van der Waals surface area contributed by atoms with Crippen molar-refractivity contribution in [2.75, 3.05) is 30.9 Å². The summed E-state index contributed by atoms with van der Waals surface area (Å²) in [4.78, 5) is 12.0. The standard InChI is InChI=1S/C19H20N6S/c1-24(2)16-8-5-6-14(12-16)17-13-25-19(22-17)26-18(23-25)21-11-9-15-7-3-4-10-20-15/h3-8,10,12-13H,9,11H2,1-2H3,(H,21,23). The Balaban J connectivity index is 1.46. The molecule has 0 fully saturated rings. The minimum Gasteiger partial charge on any atom is -0.378 e. The Hall–Kier alpha value is -2.93. The highest BCUT2D eigenvalue weighted by Crippen LogP contribution is 2.26. The summed E-state index contributed by atoms with van der Waals surface area (Å²) < 4.78 is 1.84. The Morgan fingerprint density at radius 2 is 2.08 bits per heavy atom. The number of aromatic nitrogens is 4. The van der Waals surface area contributed by atoms with Gasteiger partial charge in [-0.25, -0.2) is 9.50 Å². The van der Waals surface area contributed by atoms with E-state index in [4.69, 9.17) is 4.98 Å². The molecule has 4 aromatic rings. The average molecular weight is 364 g/mol. The normalized spacial score (nSPS) is 11.0. The van der Waals surface area contributed by atoms with E-state index in [0.29, 0.717) is 0 Å². The third-order valence-electron chi connectivity index (χ3n) is 4.09. The molecule has 132 valence electrons. The zero-order valence-corrected chi connectivity index (χ0v) is 15.6. The highest BCUT2D eigenvalue weighted by atomic mass is 32.1. The predicted molar refractivity (Wildman–Crippen MR) is 107 cm³/mol. The van der Waals surface area contributed by atoms with Gasteiger partial charge in [-0.15, -0.1) is 5.10 Å². The first-order valence-electron chi connectivity index (χ1n) is 8.47. The Labute approximate surface area is 156 Å². The largest absolute Gasteiger partial charge is 0.378 e. The summed E-state index contributed by atoms with van der Waals surface area (Å²) in [5.74, 6) is 0. The van der Waals surface area contributed by atoms with Crippen LogP contribution in [0.2, 0.25) is 0 Å². The van der Waals surface area contributed by atoms with Gasteiger partial charge in [-0.1, -0.05) is 29.5 Å². The van der Waals surface area contributed by atoms with Crippen molar-refractivity contribution in [2.24, 2.45) is 0 Å². The maximum atomic E-state index is 4.72. The minimum atomic E-state index is 0.797. The lowest BCUT2D eigenvalue weighted by atomic mass is 10.1. The molecule has 3 aromatic heterocycles. The number of benzene rings is 1. The predicted octanol–water partition coefficient (Wildman–Crippen LogP) is 3.57. The smallest absolute Gasteiger partial charge is 0.214 e. The highest BCUT2D eigenvalue weighted by molar-refractivity contribution is 7.20. The van der Waals surface area contributed by atoms with E-state index >= 15 is 0 Å². The number of pyridine rings is 1. The Kier molecular flexibility index (Phi) is 4.53. The van der Waals surface area contributed by atoms with Crippen LogP contribution in [0.15, 0.2) is 54.9 Å². The summed E-state index contributed by atoms with van der Waals surface area (Å²) in [5, 5.41) is 8.80. The monoisotopic (exact) mass is 364 g/mol. The number of nitrogens with zero attached hydrogens (tertiary/aromatic N) is 5. The molecular formula is C19H20N6S. The molecule has 0 aliphatic heterocycles. The number of hydrogen-bond acceptors (Lipinski definition) is 6. The van der Waals surface area contributed by atoms with Crippen LogP contribution < -0.4 is 10.2 Å². The van der Waals surface area contributed by atoms with Gasteiger partial charge in [-0.2, -0.15) is 0 Å². The van der Waals surface area contributed by atoms with Crippen molar-refractivity contribution in [2.45, 2.75) is 6.42 Å². The van der Waals surface area contributed by atoms with Crippen LogP contribution in [0.5, 0.6) is 0 Å². The highest BCUT2D eigenvalue weighted by Gasteiger charge is 2.10. The van der Waals surface area contributed by atoms with Gasteiger partial charge in [0.1, 0.15) is 0 Å². The number of nitrogens with one attached hydrogen (secondary N) is 1. The molecule has 6 nitrogen and oxygen atoms in total. The molecule has 4 rings (SSSR count). The molecule has 0 radical (unpaired) electrons. The van der Waals surface area contributed by atoms with Gasteiger partial charge >= 0.3 is 0 Å². The van der Waals surface area contributed by atoms with Crippen LogP contribution in [0.25, 0.3) is 16.2 Å². The molecule has 1 N–H and O–H groups in total. The molecule has 0 amide bonds. The van der Waals surface area contributed by atoms with Crippen LogP contribution in [-0.4, -0.2) is 40.2 Å². The molecule has 0 spiro atoms. The molecule has 0 aliphatic carbocycles. The first-order valence-corrected chi connectivity index (χ1v) is 9.28. The fraction of sp³-hybridized carbons (Fsp3) is 0.211. The molecule has 0 saturated carbocycles. The minimum absolute atomic E-state index is 0.797. The number of anilines is 2. The summed E-state index contributed by atoms with van der Waals surface area (Å²) >= 11 is 1.56. The van der Waals surface area contributed by atoms with Gasteiger partial charge in [0, 0.05) is 50.2 Å². The summed E-state index contributed by atoms with van der Waals surface area (Å²) in [6, 6.07) is 14.3. The van der Waals surface area contributed by atoms with Gasteiger partial charge in [0.15, 0.2) is 0 Å². The van der Waals surface area contributed by atoms with E-state index < -0.39 is 0 Å². The molecule has 0 saturated heterocycles. The molecule has 0 atom stereocenters. The van der Waals surface area contributed by atoms with E-state index in [2.05, 4.69) is 44.6 Å². The second-order valence-corrected chi connectivity index (χ2v) is 7.16. The van der Waals surface area contributed by atoms with Crippen LogP contribution in [0.1, 0.15) is 5.69 Å². The molecule has 3 heterocycles. The van der Waals surface area contributed by atoms with Crippen molar-refractivity contribution in [3.8, 4) is 11.3 Å². The van der Waals surface area contributed by atoms with Crippen molar-refractivity contribution in [3.05, 3.63) is 60.6 Å². The van der Waals surface area contributed by atoms with Crippen LogP contribution >= 0.6 is 11.3 Å². The Morgan fingerprint density at radius 3 is 2.85 bits per heavy atom. The Bertz CT molecular complexity index is 974. The lowest BCUT2D eigenvalue weighted by Crippen LogP contribution is -2.08. The summed E-state index contributed by atoms with van der Waals surface area (Å²) in [6.45, 7) is 0.797. The SMILES string of the molecule is CN(C)c1cccc(-c2cn3nc(NCCc4ccccn4)sc3n2)c1. The van der Waals surface area contributed by atoms with Crippen LogP contribution in [-0.2, 0) is 6.42 Å². The molecule has 0 bridgehead atoms. The van der Waals surface area contributed by atoms with Crippen molar-refractivity contribution >= 4 is 27.1 Å². The molecule has 26 heavy (non-hydrogen) atoms. The van der Waals surface area contributed by atoms with Crippen LogP contribution in [0.3, 0.4) is 0 Å². The van der Waals surface area contributed by atoms with E-state index in [0.717, 1.165) is 45.7 Å². The van der Waals surface area contributed by atoms with Crippen LogP contribution in [0.4, 0.5) is 10.8 Å². The topological polar surface area (TPSA) is 58.4 Å². The van der Waals surface area contributed by atoms with Crippen LogP contribution in [0, 0.1) is 0 Å². The third-order valence-corrected chi connectivity index (χ3v) is 4.97. The first kappa shape index (κ1) is 16.5. The van der Waals surface area contributed by atoms with Gasteiger partial charge in [-0.3, -0.25) is 4.98 Å². The second-order valence-electron chi connectivity index (χ2n) is 6.20. The van der Waals surface area contributed by atoms with Gasteiger partial charge < -0.3 is 10.2 Å². The van der Waals surface area contributed by atoms with E-state index in [1.165, 1.54) is 0 Å². The molecule has 1 aromatic carbocycles. The van der Waals surface area contributed by atoms with Gasteiger partial charge in [0.05, 0.1) is 11.9 Å². The zero-order chi connectivity index (χ0) is 17.9. The average Bonchev–Trinajstić information content (AvgIpc) is 3.21. The van der Waals surface area contributed by atoms with Gasteiger partial charge in [0.25, 0.3) is 0 Å². The second kappa shape index (κ2) is 7.13. The van der Waals surface area contributed by atoms with E-state index in [1.807, 2.05) is 49.2 Å². The molecule has 7 heteroatoms. The van der Waals surface area contributed by atoms with E-state index in [9.17, 15) is 0 Å². The summed E-state index contributed by atoms with van der Waals surface area (Å²) in [6.07, 6.45) is 4.66. The van der Waals surface area contributed by atoms with Crippen molar-refractivity contribution in [1.29, 1.82) is 0 Å². The molecular weight excluding hydrogens is 344 g/mol. The maximum Gasteiger partial charge on any atom is 0.214 e. The fourth-order valence-corrected chi connectivity index (χ4v) is 3.50. The first-order chi connectivity index (χ1) is 12.7. The van der Waals surface area contributed by atoms with Gasteiger partial charge in [-0.05, 0) is 24.3 Å². The summed E-state index contributed by atoms with van der Waals surface area (Å²) in [5.41, 5.74) is 4.26. The number of fused-ring (bicyclic) bond motifs is 1. The quantitative estimate of drug-likeness (QED) is 0.567. The number of rotatable bonds is 6. The fourth-order valence-electron chi connectivity index (χ4n) is 2.70. The van der Waals surface area contributed by atoms with E-state index in [1.54, 1.807) is 11.3 Å².